The molecule has 0 N–H and O–H groups in total. The van der Waals surface area contributed by atoms with Crippen LogP contribution in [0.5, 0.6) is 11.5 Å². The van der Waals surface area contributed by atoms with E-state index in [4.69, 9.17) is 4.74 Å². The average Bonchev–Trinajstić information content (AvgIpc) is 3.40. The molecule has 0 amide bonds. The van der Waals surface area contributed by atoms with Gasteiger partial charge in [-0.15, -0.1) is 0 Å². The van der Waals surface area contributed by atoms with Crippen LogP contribution < -0.4 is 9.47 Å². The van der Waals surface area contributed by atoms with Crippen molar-refractivity contribution in [3.8, 4) is 39.4 Å². The maximum Gasteiger partial charge on any atom is 0.344 e. The molecule has 226 valence electrons. The predicted molar refractivity (Wildman–Crippen MR) is 162 cm³/mol. The Morgan fingerprint density at radius 3 is 1.53 bits per heavy atom. The van der Waals surface area contributed by atoms with Gasteiger partial charge < -0.3 is 14.0 Å². The molecule has 1 aromatic heterocycles. The van der Waals surface area contributed by atoms with Gasteiger partial charge in [-0.3, -0.25) is 0 Å². The van der Waals surface area contributed by atoms with Crippen LogP contribution in [0.3, 0.4) is 0 Å². The third-order valence-corrected chi connectivity index (χ3v) is 8.02. The van der Waals surface area contributed by atoms with E-state index in [0.717, 1.165) is 49.7 Å². The van der Waals surface area contributed by atoms with Gasteiger partial charge in [0.2, 0.25) is 0 Å². The van der Waals surface area contributed by atoms with E-state index in [1.807, 2.05) is 60.7 Å². The standard InChI is InChI=1S/C36H23F6NO2/c37-31-32(38)34(33(31)39)44-25-12-6-20(7-13-25)22-10-16-29-27(18-22)28-19-23(11-17-30(28)43(29)24-4-2-1-3-5-24)21-8-14-26(15-9-21)45-36(42)35(40)41/h1-19,31-34H. The molecule has 0 spiro atoms. The Kier molecular flexibility index (Phi) is 7.23. The summed E-state index contributed by atoms with van der Waals surface area (Å²) in [7, 11) is 0. The lowest BCUT2D eigenvalue weighted by Crippen LogP contribution is -2.60. The highest BCUT2D eigenvalue weighted by Gasteiger charge is 2.55. The Bertz CT molecular complexity index is 2030. The van der Waals surface area contributed by atoms with Crippen LogP contribution in [0.1, 0.15) is 0 Å². The van der Waals surface area contributed by atoms with E-state index in [2.05, 4.69) is 15.4 Å². The third-order valence-electron chi connectivity index (χ3n) is 8.02. The van der Waals surface area contributed by atoms with Crippen LogP contribution in [0.15, 0.2) is 127 Å². The lowest BCUT2D eigenvalue weighted by Gasteiger charge is -2.37. The molecule has 1 saturated carbocycles. The van der Waals surface area contributed by atoms with Crippen LogP contribution in [-0.4, -0.2) is 29.2 Å². The summed E-state index contributed by atoms with van der Waals surface area (Å²) in [5.74, 6) is 0.192. The van der Waals surface area contributed by atoms with Crippen molar-refractivity contribution >= 4 is 21.8 Å². The van der Waals surface area contributed by atoms with Crippen LogP contribution in [0.25, 0.3) is 49.7 Å². The quantitative estimate of drug-likeness (QED) is 0.132. The Hall–Kier alpha value is -5.18. The van der Waals surface area contributed by atoms with E-state index in [9.17, 15) is 26.3 Å². The second-order valence-corrected chi connectivity index (χ2v) is 10.7. The molecular weight excluding hydrogens is 592 g/mol. The van der Waals surface area contributed by atoms with E-state index < -0.39 is 36.7 Å². The first-order valence-corrected chi connectivity index (χ1v) is 14.1. The van der Waals surface area contributed by atoms with Crippen molar-refractivity contribution < 1.29 is 35.8 Å². The molecule has 5 aromatic carbocycles. The number of benzene rings is 5. The smallest absolute Gasteiger partial charge is 0.344 e. The van der Waals surface area contributed by atoms with Crippen molar-refractivity contribution in [1.29, 1.82) is 0 Å². The van der Waals surface area contributed by atoms with Gasteiger partial charge in [-0.1, -0.05) is 54.6 Å². The summed E-state index contributed by atoms with van der Waals surface area (Å²) in [6.45, 7) is 0. The van der Waals surface area contributed by atoms with Crippen LogP contribution in [0.2, 0.25) is 0 Å². The highest BCUT2D eigenvalue weighted by Crippen LogP contribution is 2.38. The van der Waals surface area contributed by atoms with Gasteiger partial charge in [0.15, 0.2) is 24.6 Å². The molecule has 1 fully saturated rings. The summed E-state index contributed by atoms with van der Waals surface area (Å²) >= 11 is 0. The van der Waals surface area contributed by atoms with Crippen molar-refractivity contribution in [2.45, 2.75) is 24.6 Å². The Morgan fingerprint density at radius 1 is 0.533 bits per heavy atom. The third kappa shape index (κ3) is 5.18. The SMILES string of the molecule is FC(F)=C(F)Oc1ccc(-c2ccc3c(c2)c2cc(-c4ccc(OC5C(F)C(F)C5F)cc4)ccc2n3-c2ccccc2)cc1. The Morgan fingerprint density at radius 2 is 1.02 bits per heavy atom. The number of hydrogen-bond donors (Lipinski definition) is 0. The second kappa shape index (κ2) is 11.4. The first-order valence-electron chi connectivity index (χ1n) is 14.1. The monoisotopic (exact) mass is 615 g/mol. The minimum atomic E-state index is -2.53. The number of rotatable bonds is 7. The van der Waals surface area contributed by atoms with E-state index >= 15 is 0 Å². The molecule has 45 heavy (non-hydrogen) atoms. The van der Waals surface area contributed by atoms with Crippen LogP contribution >= 0.6 is 0 Å². The first kappa shape index (κ1) is 28.6. The number of hydrogen-bond acceptors (Lipinski definition) is 2. The Labute approximate surface area is 253 Å². The number of aromatic nitrogens is 1. The minimum Gasteiger partial charge on any atom is -0.484 e. The van der Waals surface area contributed by atoms with Gasteiger partial charge in [-0.2, -0.15) is 13.2 Å². The lowest BCUT2D eigenvalue weighted by atomic mass is 9.88. The summed E-state index contributed by atoms with van der Waals surface area (Å²) in [6.07, 6.45) is -10.1. The summed E-state index contributed by atoms with van der Waals surface area (Å²) in [4.78, 5) is 0. The lowest BCUT2D eigenvalue weighted by molar-refractivity contribution is -0.123. The summed E-state index contributed by atoms with van der Waals surface area (Å²) < 4.78 is 90.8. The number of fused-ring (bicyclic) bond motifs is 3. The number of alkyl halides is 3. The highest BCUT2D eigenvalue weighted by molar-refractivity contribution is 6.11. The van der Waals surface area contributed by atoms with Crippen molar-refractivity contribution in [3.63, 3.8) is 0 Å². The maximum absolute atomic E-state index is 13.7. The van der Waals surface area contributed by atoms with E-state index in [1.165, 1.54) is 12.1 Å². The van der Waals surface area contributed by atoms with E-state index in [0.29, 0.717) is 0 Å². The molecule has 1 aliphatic carbocycles. The zero-order valence-electron chi connectivity index (χ0n) is 23.3. The fourth-order valence-corrected chi connectivity index (χ4v) is 5.68. The normalized spacial score (nSPS) is 19.3. The molecular formula is C36H23F6NO2. The zero-order valence-corrected chi connectivity index (χ0v) is 23.3. The molecule has 2 atom stereocenters. The van der Waals surface area contributed by atoms with E-state index in [-0.39, 0.29) is 11.5 Å². The van der Waals surface area contributed by atoms with Crippen molar-refractivity contribution in [2.75, 3.05) is 0 Å². The largest absolute Gasteiger partial charge is 0.484 e. The molecule has 3 nitrogen and oxygen atoms in total. The first-order chi connectivity index (χ1) is 21.8. The number of nitrogens with zero attached hydrogens (tertiary/aromatic N) is 1. The van der Waals surface area contributed by atoms with E-state index in [1.54, 1.807) is 36.4 Å². The molecule has 2 unspecified atom stereocenters. The van der Waals surface area contributed by atoms with Crippen molar-refractivity contribution in [1.82, 2.24) is 4.57 Å². The predicted octanol–water partition coefficient (Wildman–Crippen LogP) is 10.3. The van der Waals surface area contributed by atoms with Gasteiger partial charge in [0.1, 0.15) is 11.5 Å². The molecule has 9 heteroatoms. The zero-order chi connectivity index (χ0) is 31.2. The molecule has 0 bridgehead atoms. The van der Waals surface area contributed by atoms with Gasteiger partial charge in [-0.25, -0.2) is 13.2 Å². The molecule has 6 aromatic rings. The van der Waals surface area contributed by atoms with Crippen LogP contribution in [-0.2, 0) is 0 Å². The molecule has 0 radical (unpaired) electrons. The summed E-state index contributed by atoms with van der Waals surface area (Å²) in [5.41, 5.74) is 6.25. The molecule has 0 saturated heterocycles. The minimum absolute atomic E-state index is 0.0554. The number of para-hydroxylation sites is 1. The molecule has 1 heterocycles. The van der Waals surface area contributed by atoms with Gasteiger partial charge in [0, 0.05) is 16.5 Å². The molecule has 1 aliphatic rings. The van der Waals surface area contributed by atoms with Gasteiger partial charge in [0.25, 0.3) is 0 Å². The number of ether oxygens (including phenoxy) is 2. The second-order valence-electron chi connectivity index (χ2n) is 10.7. The van der Waals surface area contributed by atoms with Gasteiger partial charge in [0.05, 0.1) is 11.0 Å². The van der Waals surface area contributed by atoms with Gasteiger partial charge >= 0.3 is 12.1 Å². The van der Waals surface area contributed by atoms with Crippen molar-refractivity contribution in [2.24, 2.45) is 0 Å². The van der Waals surface area contributed by atoms with Crippen molar-refractivity contribution in [3.05, 3.63) is 127 Å². The number of halogens is 6. The van der Waals surface area contributed by atoms with Gasteiger partial charge in [-0.05, 0) is 82.9 Å². The van der Waals surface area contributed by atoms with Crippen LogP contribution in [0, 0.1) is 0 Å². The topological polar surface area (TPSA) is 23.4 Å². The molecule has 7 rings (SSSR count). The summed E-state index contributed by atoms with van der Waals surface area (Å²) in [5, 5.41) is 1.92. The Balaban J connectivity index is 1.27. The fourth-order valence-electron chi connectivity index (χ4n) is 5.68. The summed E-state index contributed by atoms with van der Waals surface area (Å²) in [6, 6.07) is 33.0. The van der Waals surface area contributed by atoms with Crippen LogP contribution in [0.4, 0.5) is 26.3 Å². The average molecular weight is 616 g/mol. The fraction of sp³-hybridized carbons (Fsp3) is 0.111. The maximum atomic E-state index is 13.7. The molecule has 0 aliphatic heterocycles. The highest BCUT2D eigenvalue weighted by atomic mass is 19.3.